The van der Waals surface area contributed by atoms with Crippen LogP contribution < -0.4 is 5.32 Å². The van der Waals surface area contributed by atoms with Crippen molar-refractivity contribution in [3.63, 3.8) is 0 Å². The molecule has 2 aliphatic rings. The standard InChI is InChI=1S/C16H29NO3/c1-5-15(3,4)20-13-9-10-16(11-13,14(18)19-6-2)17-12-7-8-12/h12-13,17H,5-11H2,1-4H3. The van der Waals surface area contributed by atoms with Crippen LogP contribution in [0.15, 0.2) is 0 Å². The van der Waals surface area contributed by atoms with Gasteiger partial charge in [-0.25, -0.2) is 0 Å². The summed E-state index contributed by atoms with van der Waals surface area (Å²) in [4.78, 5) is 12.4. The lowest BCUT2D eigenvalue weighted by Gasteiger charge is -2.31. The summed E-state index contributed by atoms with van der Waals surface area (Å²) in [5.41, 5.74) is -0.624. The van der Waals surface area contributed by atoms with Crippen molar-refractivity contribution in [3.05, 3.63) is 0 Å². The van der Waals surface area contributed by atoms with Gasteiger partial charge in [0, 0.05) is 12.5 Å². The number of esters is 1. The van der Waals surface area contributed by atoms with E-state index in [9.17, 15) is 4.79 Å². The molecule has 0 aromatic rings. The predicted molar refractivity (Wildman–Crippen MR) is 78.6 cm³/mol. The van der Waals surface area contributed by atoms with Crippen LogP contribution in [0, 0.1) is 0 Å². The summed E-state index contributed by atoms with van der Waals surface area (Å²) in [5, 5.41) is 3.53. The number of nitrogens with one attached hydrogen (secondary N) is 1. The molecule has 20 heavy (non-hydrogen) atoms. The van der Waals surface area contributed by atoms with Gasteiger partial charge in [0.1, 0.15) is 5.54 Å². The summed E-state index contributed by atoms with van der Waals surface area (Å²) in [6, 6.07) is 0.498. The van der Waals surface area contributed by atoms with Gasteiger partial charge in [0.05, 0.1) is 18.3 Å². The van der Waals surface area contributed by atoms with Crippen molar-refractivity contribution in [1.29, 1.82) is 0 Å². The van der Waals surface area contributed by atoms with E-state index < -0.39 is 5.54 Å². The van der Waals surface area contributed by atoms with Crippen LogP contribution >= 0.6 is 0 Å². The normalized spacial score (nSPS) is 30.5. The molecule has 0 bridgehead atoms. The van der Waals surface area contributed by atoms with Crippen LogP contribution in [0.25, 0.3) is 0 Å². The van der Waals surface area contributed by atoms with Gasteiger partial charge >= 0.3 is 5.97 Å². The fraction of sp³-hybridized carbons (Fsp3) is 0.938. The molecule has 0 spiro atoms. The van der Waals surface area contributed by atoms with Crippen molar-refractivity contribution in [2.45, 2.75) is 89.5 Å². The average molecular weight is 283 g/mol. The van der Waals surface area contributed by atoms with Gasteiger partial charge in [0.15, 0.2) is 0 Å². The first-order chi connectivity index (χ1) is 9.41. The molecule has 2 fully saturated rings. The fourth-order valence-corrected chi connectivity index (χ4v) is 2.90. The maximum atomic E-state index is 12.4. The highest BCUT2D eigenvalue weighted by Crippen LogP contribution is 2.38. The third-order valence-corrected chi connectivity index (χ3v) is 4.53. The van der Waals surface area contributed by atoms with E-state index in [4.69, 9.17) is 9.47 Å². The van der Waals surface area contributed by atoms with Crippen LogP contribution in [-0.2, 0) is 14.3 Å². The molecule has 0 aromatic heterocycles. The molecule has 0 amide bonds. The molecule has 0 saturated heterocycles. The third kappa shape index (κ3) is 3.73. The Hall–Kier alpha value is -0.610. The molecular formula is C16H29NO3. The second-order valence-corrected chi connectivity index (χ2v) is 6.82. The van der Waals surface area contributed by atoms with Crippen LogP contribution in [-0.4, -0.2) is 35.9 Å². The number of hydrogen-bond acceptors (Lipinski definition) is 4. The van der Waals surface area contributed by atoms with Gasteiger partial charge in [0.2, 0.25) is 0 Å². The van der Waals surface area contributed by atoms with Crippen LogP contribution in [0.4, 0.5) is 0 Å². The van der Waals surface area contributed by atoms with Gasteiger partial charge in [-0.2, -0.15) is 0 Å². The van der Waals surface area contributed by atoms with E-state index in [2.05, 4.69) is 26.1 Å². The maximum Gasteiger partial charge on any atom is 0.326 e. The monoisotopic (exact) mass is 283 g/mol. The Bertz CT molecular complexity index is 352. The zero-order valence-corrected chi connectivity index (χ0v) is 13.3. The lowest BCUT2D eigenvalue weighted by atomic mass is 9.97. The number of hydrogen-bond donors (Lipinski definition) is 1. The van der Waals surface area contributed by atoms with Crippen LogP contribution in [0.1, 0.15) is 66.2 Å². The van der Waals surface area contributed by atoms with E-state index in [1.54, 1.807) is 0 Å². The molecule has 2 saturated carbocycles. The van der Waals surface area contributed by atoms with Gasteiger partial charge in [-0.05, 0) is 52.9 Å². The minimum absolute atomic E-state index is 0.0905. The minimum atomic E-state index is -0.508. The smallest absolute Gasteiger partial charge is 0.326 e. The molecule has 1 N–H and O–H groups in total. The SMILES string of the molecule is CCOC(=O)C1(NC2CC2)CCC(OC(C)(C)CC)C1. The first-order valence-corrected chi connectivity index (χ1v) is 8.03. The molecule has 4 nitrogen and oxygen atoms in total. The molecule has 4 heteroatoms. The highest BCUT2D eigenvalue weighted by molar-refractivity contribution is 5.81. The van der Waals surface area contributed by atoms with Gasteiger partial charge in [0.25, 0.3) is 0 Å². The van der Waals surface area contributed by atoms with Gasteiger partial charge in [-0.3, -0.25) is 10.1 Å². The molecule has 0 aromatic carbocycles. The number of carbonyl (C=O) groups excluding carboxylic acids is 1. The number of carbonyl (C=O) groups is 1. The Balaban J connectivity index is 2.00. The Kier molecular flexibility index (Phi) is 4.75. The minimum Gasteiger partial charge on any atom is -0.465 e. The van der Waals surface area contributed by atoms with Crippen molar-refractivity contribution in [1.82, 2.24) is 5.32 Å². The molecule has 0 heterocycles. The largest absolute Gasteiger partial charge is 0.465 e. The fourth-order valence-electron chi connectivity index (χ4n) is 2.90. The van der Waals surface area contributed by atoms with Crippen molar-refractivity contribution < 1.29 is 14.3 Å². The lowest BCUT2D eigenvalue weighted by Crippen LogP contribution is -2.52. The number of ether oxygens (including phenoxy) is 2. The molecule has 2 rings (SSSR count). The quantitative estimate of drug-likeness (QED) is 0.730. The van der Waals surface area contributed by atoms with Crippen molar-refractivity contribution in [3.8, 4) is 0 Å². The zero-order valence-electron chi connectivity index (χ0n) is 13.3. The van der Waals surface area contributed by atoms with E-state index in [-0.39, 0.29) is 17.7 Å². The molecule has 2 unspecified atom stereocenters. The maximum absolute atomic E-state index is 12.4. The van der Waals surface area contributed by atoms with Gasteiger partial charge in [-0.15, -0.1) is 0 Å². The van der Waals surface area contributed by atoms with E-state index in [0.717, 1.165) is 25.7 Å². The summed E-state index contributed by atoms with van der Waals surface area (Å²) in [6.45, 7) is 8.68. The van der Waals surface area contributed by atoms with E-state index in [1.807, 2.05) is 6.92 Å². The highest BCUT2D eigenvalue weighted by Gasteiger charge is 2.50. The molecule has 116 valence electrons. The topological polar surface area (TPSA) is 47.6 Å². The van der Waals surface area contributed by atoms with Crippen molar-refractivity contribution >= 4 is 5.97 Å². The van der Waals surface area contributed by atoms with E-state index in [0.29, 0.717) is 12.6 Å². The Labute approximate surface area is 122 Å². The first-order valence-electron chi connectivity index (χ1n) is 8.03. The van der Waals surface area contributed by atoms with Crippen LogP contribution in [0.2, 0.25) is 0 Å². The van der Waals surface area contributed by atoms with Gasteiger partial charge in [-0.1, -0.05) is 6.92 Å². The van der Waals surface area contributed by atoms with Crippen molar-refractivity contribution in [2.75, 3.05) is 6.61 Å². The van der Waals surface area contributed by atoms with Gasteiger partial charge < -0.3 is 9.47 Å². The van der Waals surface area contributed by atoms with Crippen molar-refractivity contribution in [2.24, 2.45) is 0 Å². The second-order valence-electron chi connectivity index (χ2n) is 6.82. The van der Waals surface area contributed by atoms with Crippen LogP contribution in [0.5, 0.6) is 0 Å². The predicted octanol–water partition coefficient (Wildman–Crippen LogP) is 2.80. The molecule has 0 aliphatic heterocycles. The van der Waals surface area contributed by atoms with E-state index in [1.165, 1.54) is 12.8 Å². The molecule has 0 radical (unpaired) electrons. The Morgan fingerprint density at radius 3 is 2.55 bits per heavy atom. The summed E-state index contributed by atoms with van der Waals surface area (Å²) < 4.78 is 11.5. The number of rotatable bonds is 7. The zero-order chi connectivity index (χ0) is 14.8. The van der Waals surface area contributed by atoms with Crippen LogP contribution in [0.3, 0.4) is 0 Å². The summed E-state index contributed by atoms with van der Waals surface area (Å²) in [7, 11) is 0. The summed E-state index contributed by atoms with van der Waals surface area (Å²) in [5.74, 6) is -0.0905. The Morgan fingerprint density at radius 1 is 1.30 bits per heavy atom. The average Bonchev–Trinajstić information content (AvgIpc) is 3.10. The second kappa shape index (κ2) is 6.02. The third-order valence-electron chi connectivity index (χ3n) is 4.53. The molecular weight excluding hydrogens is 254 g/mol. The molecule has 2 atom stereocenters. The van der Waals surface area contributed by atoms with E-state index >= 15 is 0 Å². The summed E-state index contributed by atoms with van der Waals surface area (Å²) >= 11 is 0. The molecule has 2 aliphatic carbocycles. The first kappa shape index (κ1) is 15.8. The highest BCUT2D eigenvalue weighted by atomic mass is 16.5. The Morgan fingerprint density at radius 2 is 2.00 bits per heavy atom. The summed E-state index contributed by atoms with van der Waals surface area (Å²) in [6.07, 6.45) is 5.98. The lowest BCUT2D eigenvalue weighted by molar-refractivity contribution is -0.152.